The molecular weight excluding hydrogens is 334 g/mol. The van der Waals surface area contributed by atoms with E-state index in [1.54, 1.807) is 17.8 Å². The van der Waals surface area contributed by atoms with E-state index >= 15 is 0 Å². The van der Waals surface area contributed by atoms with Crippen LogP contribution < -0.4 is 19.5 Å². The summed E-state index contributed by atoms with van der Waals surface area (Å²) in [6, 6.07) is 2.34. The molecule has 0 aliphatic rings. The van der Waals surface area contributed by atoms with Crippen molar-refractivity contribution in [3.8, 4) is 17.2 Å². The van der Waals surface area contributed by atoms with Crippen molar-refractivity contribution in [2.75, 3.05) is 40.4 Å². The van der Waals surface area contributed by atoms with E-state index in [0.29, 0.717) is 29.4 Å². The molecule has 0 heterocycles. The summed E-state index contributed by atoms with van der Waals surface area (Å²) in [4.78, 5) is 24.4. The van der Waals surface area contributed by atoms with Crippen molar-refractivity contribution in [3.63, 3.8) is 0 Å². The summed E-state index contributed by atoms with van der Waals surface area (Å²) in [5.41, 5.74) is 0.244. The number of carbonyl (C=O) groups excluding carboxylic acids is 2. The van der Waals surface area contributed by atoms with E-state index in [4.69, 9.17) is 18.9 Å². The van der Waals surface area contributed by atoms with Gasteiger partial charge in [0.05, 0.1) is 34.0 Å². The Morgan fingerprint density at radius 2 is 1.62 bits per heavy atom. The van der Waals surface area contributed by atoms with Crippen molar-refractivity contribution in [1.82, 2.24) is 5.32 Å². The quantitative estimate of drug-likeness (QED) is 0.674. The number of esters is 1. The Morgan fingerprint density at radius 1 is 1.04 bits per heavy atom. The lowest BCUT2D eigenvalue weighted by molar-refractivity contribution is -0.142. The Morgan fingerprint density at radius 3 is 2.12 bits per heavy atom. The fourth-order valence-electron chi connectivity index (χ4n) is 2.07. The van der Waals surface area contributed by atoms with E-state index in [9.17, 15) is 9.59 Å². The number of methoxy groups -OCH3 is 4. The van der Waals surface area contributed by atoms with Gasteiger partial charge < -0.3 is 24.3 Å². The van der Waals surface area contributed by atoms with Crippen molar-refractivity contribution in [2.45, 2.75) is 12.5 Å². The molecule has 0 fully saturated rings. The third-order valence-electron chi connectivity index (χ3n) is 3.35. The number of carbonyl (C=O) groups is 2. The van der Waals surface area contributed by atoms with Crippen LogP contribution in [0.4, 0.5) is 0 Å². The smallest absolute Gasteiger partial charge is 0.328 e. The summed E-state index contributed by atoms with van der Waals surface area (Å²) >= 11 is 1.58. The third kappa shape index (κ3) is 4.95. The highest BCUT2D eigenvalue weighted by Gasteiger charge is 2.24. The topological polar surface area (TPSA) is 83.1 Å². The van der Waals surface area contributed by atoms with Crippen LogP contribution in [0.25, 0.3) is 0 Å². The van der Waals surface area contributed by atoms with Gasteiger partial charge in [-0.15, -0.1) is 0 Å². The number of benzene rings is 1. The molecule has 1 atom stereocenters. The molecule has 0 radical (unpaired) electrons. The lowest BCUT2D eigenvalue weighted by Crippen LogP contribution is -2.42. The normalized spacial score (nSPS) is 11.4. The van der Waals surface area contributed by atoms with Crippen LogP contribution in [-0.4, -0.2) is 58.4 Å². The largest absolute Gasteiger partial charge is 0.496 e. The van der Waals surface area contributed by atoms with Crippen molar-refractivity contribution >= 4 is 23.6 Å². The maximum atomic E-state index is 12.6. The van der Waals surface area contributed by atoms with Crippen LogP contribution in [0.1, 0.15) is 16.8 Å². The van der Waals surface area contributed by atoms with Crippen LogP contribution in [0.15, 0.2) is 12.1 Å². The second-order valence-corrected chi connectivity index (χ2v) is 5.72. The molecule has 1 rings (SSSR count). The SMILES string of the molecule is COC(=O)[C@@H](CCSC)NC(=O)c1cc(OC)c(OC)cc1OC. The molecule has 0 saturated heterocycles. The highest BCUT2D eigenvalue weighted by atomic mass is 32.2. The molecule has 0 spiro atoms. The van der Waals surface area contributed by atoms with E-state index in [1.807, 2.05) is 6.26 Å². The van der Waals surface area contributed by atoms with Crippen LogP contribution in [-0.2, 0) is 9.53 Å². The standard InChI is InChI=1S/C16H23NO6S/c1-20-12-9-14(22-3)13(21-2)8-10(12)15(18)17-11(6-7-24-5)16(19)23-4/h8-9,11H,6-7H2,1-5H3,(H,17,18)/t11-/m1/s1. The Hall–Kier alpha value is -2.09. The van der Waals surface area contributed by atoms with Crippen molar-refractivity contribution < 1.29 is 28.5 Å². The number of nitrogens with one attached hydrogen (secondary N) is 1. The number of hydrogen-bond acceptors (Lipinski definition) is 7. The first kappa shape index (κ1) is 20.0. The number of amides is 1. The van der Waals surface area contributed by atoms with E-state index in [1.165, 1.54) is 34.5 Å². The zero-order chi connectivity index (χ0) is 18.1. The summed E-state index contributed by atoms with van der Waals surface area (Å²) in [5.74, 6) is 0.920. The van der Waals surface area contributed by atoms with Gasteiger partial charge in [-0.05, 0) is 18.4 Å². The first-order chi connectivity index (χ1) is 11.5. The molecule has 1 N–H and O–H groups in total. The number of rotatable bonds is 9. The van der Waals surface area contributed by atoms with Gasteiger partial charge in [0.25, 0.3) is 5.91 Å². The van der Waals surface area contributed by atoms with Gasteiger partial charge in [-0.2, -0.15) is 11.8 Å². The number of hydrogen-bond donors (Lipinski definition) is 1. The van der Waals surface area contributed by atoms with Crippen LogP contribution in [0.3, 0.4) is 0 Å². The van der Waals surface area contributed by atoms with E-state index < -0.39 is 17.9 Å². The summed E-state index contributed by atoms with van der Waals surface area (Å²) in [6.07, 6.45) is 2.39. The minimum absolute atomic E-state index is 0.244. The van der Waals surface area contributed by atoms with E-state index in [2.05, 4.69) is 5.32 Å². The molecule has 0 aliphatic heterocycles. The molecule has 1 aromatic rings. The van der Waals surface area contributed by atoms with Gasteiger partial charge in [-0.25, -0.2) is 4.79 Å². The minimum Gasteiger partial charge on any atom is -0.496 e. The van der Waals surface area contributed by atoms with Gasteiger partial charge in [0.15, 0.2) is 11.5 Å². The van der Waals surface area contributed by atoms with Gasteiger partial charge in [0.1, 0.15) is 11.8 Å². The molecular formula is C16H23NO6S. The van der Waals surface area contributed by atoms with Gasteiger partial charge in [0, 0.05) is 12.1 Å². The van der Waals surface area contributed by atoms with Crippen LogP contribution in [0.2, 0.25) is 0 Å². The van der Waals surface area contributed by atoms with Gasteiger partial charge in [0.2, 0.25) is 0 Å². The Balaban J connectivity index is 3.09. The Bertz CT molecular complexity index is 578. The molecule has 7 nitrogen and oxygen atoms in total. The summed E-state index contributed by atoms with van der Waals surface area (Å²) in [7, 11) is 5.70. The predicted octanol–water partition coefficient (Wildman–Crippen LogP) is 1.74. The second-order valence-electron chi connectivity index (χ2n) is 4.74. The molecule has 0 unspecified atom stereocenters. The molecule has 0 aliphatic carbocycles. The average molecular weight is 357 g/mol. The predicted molar refractivity (Wildman–Crippen MR) is 92.4 cm³/mol. The molecule has 8 heteroatoms. The van der Waals surface area contributed by atoms with Crippen molar-refractivity contribution in [3.05, 3.63) is 17.7 Å². The van der Waals surface area contributed by atoms with Crippen molar-refractivity contribution in [1.29, 1.82) is 0 Å². The van der Waals surface area contributed by atoms with Crippen LogP contribution in [0, 0.1) is 0 Å². The summed E-state index contributed by atoms with van der Waals surface area (Å²) < 4.78 is 20.4. The van der Waals surface area contributed by atoms with Crippen molar-refractivity contribution in [2.24, 2.45) is 0 Å². The maximum absolute atomic E-state index is 12.6. The first-order valence-electron chi connectivity index (χ1n) is 7.19. The summed E-state index contributed by atoms with van der Waals surface area (Å²) in [6.45, 7) is 0. The van der Waals surface area contributed by atoms with Gasteiger partial charge in [-0.3, -0.25) is 4.79 Å². The second kappa shape index (κ2) is 9.92. The molecule has 24 heavy (non-hydrogen) atoms. The molecule has 0 aromatic heterocycles. The van der Waals surface area contributed by atoms with Crippen LogP contribution >= 0.6 is 11.8 Å². The first-order valence-corrected chi connectivity index (χ1v) is 8.59. The molecule has 134 valence electrons. The van der Waals surface area contributed by atoms with E-state index in [-0.39, 0.29) is 5.56 Å². The fraction of sp³-hybridized carbons (Fsp3) is 0.500. The van der Waals surface area contributed by atoms with E-state index in [0.717, 1.165) is 0 Å². The highest BCUT2D eigenvalue weighted by Crippen LogP contribution is 2.34. The van der Waals surface area contributed by atoms with Crippen LogP contribution in [0.5, 0.6) is 17.2 Å². The third-order valence-corrected chi connectivity index (χ3v) is 4.00. The Labute approximate surface area is 146 Å². The zero-order valence-corrected chi connectivity index (χ0v) is 15.3. The Kier molecular flexibility index (Phi) is 8.25. The molecule has 0 saturated carbocycles. The molecule has 1 aromatic carbocycles. The molecule has 1 amide bonds. The van der Waals surface area contributed by atoms with Gasteiger partial charge in [-0.1, -0.05) is 0 Å². The lowest BCUT2D eigenvalue weighted by atomic mass is 10.1. The highest BCUT2D eigenvalue weighted by molar-refractivity contribution is 7.98. The lowest BCUT2D eigenvalue weighted by Gasteiger charge is -2.18. The fourth-order valence-corrected chi connectivity index (χ4v) is 2.54. The zero-order valence-electron chi connectivity index (χ0n) is 14.5. The molecule has 0 bridgehead atoms. The summed E-state index contributed by atoms with van der Waals surface area (Å²) in [5, 5.41) is 2.68. The number of ether oxygens (including phenoxy) is 4. The van der Waals surface area contributed by atoms with Gasteiger partial charge >= 0.3 is 5.97 Å². The minimum atomic E-state index is -0.729. The average Bonchev–Trinajstić information content (AvgIpc) is 2.62. The monoisotopic (exact) mass is 357 g/mol. The maximum Gasteiger partial charge on any atom is 0.328 e. The number of thioether (sulfide) groups is 1.